The summed E-state index contributed by atoms with van der Waals surface area (Å²) in [5, 5.41) is 4.04. The van der Waals surface area contributed by atoms with Gasteiger partial charge in [0, 0.05) is 0 Å². The molecule has 0 aliphatic carbocycles. The zero-order chi connectivity index (χ0) is 20.6. The van der Waals surface area contributed by atoms with Crippen molar-refractivity contribution >= 4 is 38.4 Å². The second kappa shape index (κ2) is 10.0. The Morgan fingerprint density at radius 2 is 1.59 bits per heavy atom. The van der Waals surface area contributed by atoms with Crippen molar-refractivity contribution in [1.29, 1.82) is 0 Å². The molecule has 0 saturated carbocycles. The van der Waals surface area contributed by atoms with Crippen molar-refractivity contribution in [3.05, 3.63) is 75.9 Å². The summed E-state index contributed by atoms with van der Waals surface area (Å²) in [4.78, 5) is 29.9. The summed E-state index contributed by atoms with van der Waals surface area (Å²) in [5.41, 5.74) is 2.79. The van der Waals surface area contributed by atoms with Crippen LogP contribution < -0.4 is 5.32 Å². The van der Waals surface area contributed by atoms with Gasteiger partial charge in [0.1, 0.15) is 0 Å². The molecular formula is C22H22N2O4Se. The van der Waals surface area contributed by atoms with Crippen molar-refractivity contribution in [2.24, 2.45) is 4.99 Å². The summed E-state index contributed by atoms with van der Waals surface area (Å²) in [6, 6.07) is 17.6. The number of aliphatic imine (C=N–C) groups is 1. The summed E-state index contributed by atoms with van der Waals surface area (Å²) in [6.07, 6.45) is 0. The van der Waals surface area contributed by atoms with Crippen molar-refractivity contribution in [3.8, 4) is 0 Å². The first-order chi connectivity index (χ1) is 14.1. The van der Waals surface area contributed by atoms with Gasteiger partial charge in [-0.3, -0.25) is 0 Å². The van der Waals surface area contributed by atoms with Gasteiger partial charge in [0.25, 0.3) is 0 Å². The quantitative estimate of drug-likeness (QED) is 0.246. The summed E-state index contributed by atoms with van der Waals surface area (Å²) >= 11 is -0.271. The average molecular weight is 457 g/mol. The van der Waals surface area contributed by atoms with Gasteiger partial charge in [-0.25, -0.2) is 0 Å². The number of amidine groups is 1. The summed E-state index contributed by atoms with van der Waals surface area (Å²) in [7, 11) is 0. The summed E-state index contributed by atoms with van der Waals surface area (Å²) in [6.45, 7) is 3.73. The summed E-state index contributed by atoms with van der Waals surface area (Å²) < 4.78 is 10.7. The SMILES string of the molecule is CCOC(=O)C(C(=O)OCC)=C1/N=C(/c2ccccc2)Nc2ccccc2C[Se]1. The average Bonchev–Trinajstić information content (AvgIpc) is 2.71. The predicted octanol–water partition coefficient (Wildman–Crippen LogP) is 3.10. The molecule has 29 heavy (non-hydrogen) atoms. The maximum atomic E-state index is 12.6. The van der Waals surface area contributed by atoms with Gasteiger partial charge in [-0.1, -0.05) is 0 Å². The van der Waals surface area contributed by atoms with Gasteiger partial charge in [0.2, 0.25) is 0 Å². The molecule has 0 bridgehead atoms. The van der Waals surface area contributed by atoms with Crippen molar-refractivity contribution in [1.82, 2.24) is 0 Å². The van der Waals surface area contributed by atoms with E-state index in [9.17, 15) is 9.59 Å². The number of benzene rings is 2. The minimum atomic E-state index is -0.701. The Bertz CT molecular complexity index is 934. The van der Waals surface area contributed by atoms with Crippen LogP contribution in [-0.4, -0.2) is 45.9 Å². The van der Waals surface area contributed by atoms with Crippen LogP contribution >= 0.6 is 0 Å². The van der Waals surface area contributed by atoms with E-state index in [1.165, 1.54) is 0 Å². The first-order valence-corrected chi connectivity index (χ1v) is 11.4. The standard InChI is InChI=1S/C22H22N2O4Se/c1-3-27-21(25)18(22(26)28-4-2)20-24-19(15-10-6-5-7-11-15)23-17-13-9-8-12-16(17)14-29-20/h5-13H,3-4,14H2,1-2H3,(H,23,24). The number of carbonyl (C=O) groups excluding carboxylic acids is 2. The molecule has 0 radical (unpaired) electrons. The molecule has 0 fully saturated rings. The Labute approximate surface area is 176 Å². The second-order valence-corrected chi connectivity index (χ2v) is 8.04. The van der Waals surface area contributed by atoms with Crippen molar-refractivity contribution < 1.29 is 19.1 Å². The molecule has 7 heteroatoms. The first kappa shape index (κ1) is 20.8. The third-order valence-electron chi connectivity index (χ3n) is 4.07. The molecule has 1 heterocycles. The fourth-order valence-corrected chi connectivity index (χ4v) is 4.85. The van der Waals surface area contributed by atoms with Crippen LogP contribution in [0.15, 0.2) is 69.8 Å². The Morgan fingerprint density at radius 3 is 2.24 bits per heavy atom. The van der Waals surface area contributed by atoms with Gasteiger partial charge in [-0.2, -0.15) is 0 Å². The number of esters is 2. The molecule has 2 aromatic rings. The topological polar surface area (TPSA) is 77.0 Å². The number of para-hydroxylation sites is 1. The van der Waals surface area contributed by atoms with E-state index >= 15 is 0 Å². The Balaban J connectivity index is 2.17. The van der Waals surface area contributed by atoms with E-state index < -0.39 is 11.9 Å². The van der Waals surface area contributed by atoms with Gasteiger partial charge < -0.3 is 0 Å². The predicted molar refractivity (Wildman–Crippen MR) is 113 cm³/mol. The van der Waals surface area contributed by atoms with Crippen LogP contribution in [0.5, 0.6) is 0 Å². The number of hydrogen-bond donors (Lipinski definition) is 1. The number of hydrogen-bond acceptors (Lipinski definition) is 6. The number of nitrogens with one attached hydrogen (secondary N) is 1. The molecule has 0 aromatic heterocycles. The van der Waals surface area contributed by atoms with Gasteiger partial charge in [-0.15, -0.1) is 0 Å². The van der Waals surface area contributed by atoms with Crippen LogP contribution in [0.25, 0.3) is 0 Å². The van der Waals surface area contributed by atoms with Gasteiger partial charge >= 0.3 is 176 Å². The number of ether oxygens (including phenoxy) is 2. The molecule has 0 saturated heterocycles. The monoisotopic (exact) mass is 458 g/mol. The molecule has 3 rings (SSSR count). The van der Waals surface area contributed by atoms with E-state index in [1.807, 2.05) is 54.6 Å². The van der Waals surface area contributed by atoms with Crippen molar-refractivity contribution in [2.75, 3.05) is 18.5 Å². The third kappa shape index (κ3) is 5.13. The van der Waals surface area contributed by atoms with Crippen LogP contribution in [0.1, 0.15) is 25.0 Å². The van der Waals surface area contributed by atoms with E-state index in [2.05, 4.69) is 5.32 Å². The number of anilines is 1. The number of rotatable bonds is 5. The van der Waals surface area contributed by atoms with E-state index in [0.29, 0.717) is 15.8 Å². The van der Waals surface area contributed by atoms with E-state index in [4.69, 9.17) is 14.5 Å². The van der Waals surface area contributed by atoms with Crippen LogP contribution in [0, 0.1) is 0 Å². The van der Waals surface area contributed by atoms with E-state index in [0.717, 1.165) is 16.8 Å². The molecule has 1 aliphatic rings. The molecular weight excluding hydrogens is 435 g/mol. The summed E-state index contributed by atoms with van der Waals surface area (Å²) in [5.74, 6) is -0.832. The second-order valence-electron chi connectivity index (χ2n) is 6.02. The van der Waals surface area contributed by atoms with Crippen LogP contribution in [-0.2, 0) is 24.4 Å². The molecule has 150 valence electrons. The Morgan fingerprint density at radius 1 is 0.966 bits per heavy atom. The fraction of sp³-hybridized carbons (Fsp3) is 0.227. The number of nitrogens with zero attached hydrogens (tertiary/aromatic N) is 1. The van der Waals surface area contributed by atoms with Crippen LogP contribution in [0.4, 0.5) is 5.69 Å². The third-order valence-corrected chi connectivity index (χ3v) is 6.22. The van der Waals surface area contributed by atoms with Gasteiger partial charge in [0.05, 0.1) is 0 Å². The van der Waals surface area contributed by atoms with E-state index in [1.54, 1.807) is 13.8 Å². The Kier molecular flexibility index (Phi) is 7.22. The van der Waals surface area contributed by atoms with Gasteiger partial charge in [-0.05, 0) is 0 Å². The number of fused-ring (bicyclic) bond motifs is 1. The molecule has 1 aliphatic heterocycles. The molecule has 0 amide bonds. The molecule has 2 aromatic carbocycles. The van der Waals surface area contributed by atoms with Crippen molar-refractivity contribution in [2.45, 2.75) is 19.2 Å². The number of carbonyl (C=O) groups is 2. The first-order valence-electron chi connectivity index (χ1n) is 9.34. The molecule has 0 atom stereocenters. The molecule has 1 N–H and O–H groups in total. The van der Waals surface area contributed by atoms with Gasteiger partial charge in [0.15, 0.2) is 0 Å². The molecule has 0 unspecified atom stereocenters. The zero-order valence-corrected chi connectivity index (χ0v) is 18.0. The van der Waals surface area contributed by atoms with Crippen molar-refractivity contribution in [3.63, 3.8) is 0 Å². The van der Waals surface area contributed by atoms with E-state index in [-0.39, 0.29) is 33.7 Å². The zero-order valence-electron chi connectivity index (χ0n) is 16.3. The minimum absolute atomic E-state index is 0.122. The normalized spacial score (nSPS) is 15.0. The van der Waals surface area contributed by atoms with Crippen LogP contribution in [0.3, 0.4) is 0 Å². The van der Waals surface area contributed by atoms with Crippen LogP contribution in [0.2, 0.25) is 0 Å². The molecule has 0 spiro atoms. The Hall–Kier alpha value is -2.89. The molecule has 6 nitrogen and oxygen atoms in total. The maximum absolute atomic E-state index is 12.6. The fourth-order valence-electron chi connectivity index (χ4n) is 2.73.